The maximum Gasteiger partial charge on any atom is 0.327 e. The summed E-state index contributed by atoms with van der Waals surface area (Å²) >= 11 is 0.810. The fraction of sp³-hybridized carbons (Fsp3) is 0.600. The Hall–Kier alpha value is -1.77. The Morgan fingerprint density at radius 3 is 2.21 bits per heavy atom. The van der Waals surface area contributed by atoms with E-state index in [0.29, 0.717) is 0 Å². The minimum atomic E-state index is -1.26. The number of hydrogen-bond acceptors (Lipinski definition) is 6. The first-order valence-electron chi connectivity index (χ1n) is 5.19. The molecule has 0 rings (SSSR count). The van der Waals surface area contributed by atoms with E-state index in [4.69, 9.17) is 10.2 Å². The molecule has 0 saturated heterocycles. The predicted octanol–water partition coefficient (Wildman–Crippen LogP) is -0.675. The van der Waals surface area contributed by atoms with Crippen molar-refractivity contribution in [3.05, 3.63) is 0 Å². The molecule has 0 aromatic carbocycles. The van der Waals surface area contributed by atoms with Gasteiger partial charge in [-0.05, 0) is 0 Å². The molecule has 0 aromatic heterocycles. The van der Waals surface area contributed by atoms with Crippen LogP contribution in [0.15, 0.2) is 0 Å². The number of carboxylic acids is 2. The van der Waals surface area contributed by atoms with Crippen molar-refractivity contribution in [3.8, 4) is 0 Å². The highest BCUT2D eigenvalue weighted by Gasteiger charge is 2.27. The van der Waals surface area contributed by atoms with Gasteiger partial charge in [0.2, 0.25) is 5.91 Å². The van der Waals surface area contributed by atoms with E-state index in [2.05, 4.69) is 10.1 Å². The smallest absolute Gasteiger partial charge is 0.327 e. The molecule has 0 aliphatic carbocycles. The Balaban J connectivity index is 4.57. The lowest BCUT2D eigenvalue weighted by Crippen LogP contribution is -2.42. The summed E-state index contributed by atoms with van der Waals surface area (Å²) in [5.74, 6) is -3.88. The fourth-order valence-corrected chi connectivity index (χ4v) is 2.28. The van der Waals surface area contributed by atoms with Crippen LogP contribution in [0.1, 0.15) is 13.3 Å². The molecule has 2 atom stereocenters. The van der Waals surface area contributed by atoms with Crippen LogP contribution in [0.5, 0.6) is 0 Å². The molecule has 108 valence electrons. The molecular weight excluding hydrogens is 278 g/mol. The summed E-state index contributed by atoms with van der Waals surface area (Å²) in [5.41, 5.74) is 0. The number of amides is 1. The number of carbonyl (C=O) groups is 4. The van der Waals surface area contributed by atoms with Gasteiger partial charge in [-0.2, -0.15) is 0 Å². The molecule has 0 aliphatic heterocycles. The standard InChI is InChI=1S/C10H15NO7S/c1-5(12)11-6(9(15)16)4-19-7(3-8(13)14)10(17)18-2/h6-7H,3-4H2,1-2H3,(H,11,12)(H,13,14)(H,15,16). The largest absolute Gasteiger partial charge is 0.481 e. The number of hydrogen-bond donors (Lipinski definition) is 3. The molecule has 0 saturated carbocycles. The van der Waals surface area contributed by atoms with Crippen molar-refractivity contribution in [1.29, 1.82) is 0 Å². The van der Waals surface area contributed by atoms with Crippen molar-refractivity contribution >= 4 is 35.6 Å². The third-order valence-electron chi connectivity index (χ3n) is 1.96. The van der Waals surface area contributed by atoms with Crippen LogP contribution in [0, 0.1) is 0 Å². The third-order valence-corrected chi connectivity index (χ3v) is 3.25. The minimum Gasteiger partial charge on any atom is -0.481 e. The van der Waals surface area contributed by atoms with Gasteiger partial charge in [-0.25, -0.2) is 4.79 Å². The van der Waals surface area contributed by atoms with Gasteiger partial charge in [0.05, 0.1) is 13.5 Å². The Morgan fingerprint density at radius 1 is 1.26 bits per heavy atom. The van der Waals surface area contributed by atoms with Gasteiger partial charge in [-0.15, -0.1) is 11.8 Å². The summed E-state index contributed by atoms with van der Waals surface area (Å²) < 4.78 is 4.43. The Bertz CT molecular complexity index is 371. The molecule has 0 bridgehead atoms. The third kappa shape index (κ3) is 7.29. The summed E-state index contributed by atoms with van der Waals surface area (Å²) in [6.45, 7) is 1.16. The predicted molar refractivity (Wildman–Crippen MR) is 65.8 cm³/mol. The van der Waals surface area contributed by atoms with Crippen LogP contribution >= 0.6 is 11.8 Å². The minimum absolute atomic E-state index is 0.137. The Labute approximate surface area is 113 Å². The number of methoxy groups -OCH3 is 1. The number of thioether (sulfide) groups is 1. The lowest BCUT2D eigenvalue weighted by Gasteiger charge is -2.16. The van der Waals surface area contributed by atoms with Crippen molar-refractivity contribution in [2.24, 2.45) is 0 Å². The number of rotatable bonds is 8. The van der Waals surface area contributed by atoms with E-state index in [1.165, 1.54) is 0 Å². The number of ether oxygens (including phenoxy) is 1. The van der Waals surface area contributed by atoms with E-state index in [1.54, 1.807) is 0 Å². The van der Waals surface area contributed by atoms with Gasteiger partial charge in [0.15, 0.2) is 0 Å². The normalized spacial score (nSPS) is 13.2. The van der Waals surface area contributed by atoms with E-state index in [9.17, 15) is 19.2 Å². The van der Waals surface area contributed by atoms with Crippen molar-refractivity contribution in [1.82, 2.24) is 5.32 Å². The number of esters is 1. The maximum atomic E-state index is 11.3. The molecule has 8 nitrogen and oxygen atoms in total. The lowest BCUT2D eigenvalue weighted by molar-refractivity contribution is -0.145. The molecule has 0 spiro atoms. The molecule has 0 aliphatic rings. The van der Waals surface area contributed by atoms with Crippen LogP contribution in [-0.2, 0) is 23.9 Å². The average molecular weight is 293 g/mol. The molecule has 3 N–H and O–H groups in total. The van der Waals surface area contributed by atoms with Gasteiger partial charge in [0.1, 0.15) is 11.3 Å². The first kappa shape index (κ1) is 17.2. The molecule has 1 amide bonds. The Kier molecular flexibility index (Phi) is 7.57. The molecule has 2 unspecified atom stereocenters. The highest BCUT2D eigenvalue weighted by molar-refractivity contribution is 8.00. The van der Waals surface area contributed by atoms with Crippen molar-refractivity contribution in [2.45, 2.75) is 24.6 Å². The number of nitrogens with one attached hydrogen (secondary N) is 1. The van der Waals surface area contributed by atoms with E-state index in [-0.39, 0.29) is 5.75 Å². The van der Waals surface area contributed by atoms with Gasteiger partial charge in [-0.3, -0.25) is 14.4 Å². The van der Waals surface area contributed by atoms with Crippen LogP contribution in [0.4, 0.5) is 0 Å². The monoisotopic (exact) mass is 293 g/mol. The van der Waals surface area contributed by atoms with Gasteiger partial charge >= 0.3 is 17.9 Å². The Morgan fingerprint density at radius 2 is 1.84 bits per heavy atom. The van der Waals surface area contributed by atoms with Crippen LogP contribution in [0.3, 0.4) is 0 Å². The first-order valence-corrected chi connectivity index (χ1v) is 6.24. The van der Waals surface area contributed by atoms with E-state index in [0.717, 1.165) is 25.8 Å². The van der Waals surface area contributed by atoms with Crippen molar-refractivity contribution in [3.63, 3.8) is 0 Å². The van der Waals surface area contributed by atoms with Gasteiger partial charge < -0.3 is 20.3 Å². The van der Waals surface area contributed by atoms with Gasteiger partial charge in [0.25, 0.3) is 0 Å². The zero-order valence-electron chi connectivity index (χ0n) is 10.4. The molecule has 0 fully saturated rings. The van der Waals surface area contributed by atoms with Gasteiger partial charge in [-0.1, -0.05) is 0 Å². The summed E-state index contributed by atoms with van der Waals surface area (Å²) in [6.07, 6.45) is -0.482. The molecule has 0 heterocycles. The average Bonchev–Trinajstić information content (AvgIpc) is 2.30. The van der Waals surface area contributed by atoms with Crippen LogP contribution in [0.25, 0.3) is 0 Å². The topological polar surface area (TPSA) is 130 Å². The first-order chi connectivity index (χ1) is 8.77. The lowest BCUT2D eigenvalue weighted by atomic mass is 10.3. The van der Waals surface area contributed by atoms with Crippen LogP contribution in [0.2, 0.25) is 0 Å². The van der Waals surface area contributed by atoms with Gasteiger partial charge in [0, 0.05) is 12.7 Å². The van der Waals surface area contributed by atoms with Crippen LogP contribution < -0.4 is 5.32 Å². The van der Waals surface area contributed by atoms with Crippen molar-refractivity contribution < 1.29 is 34.1 Å². The second-order valence-electron chi connectivity index (χ2n) is 3.53. The van der Waals surface area contributed by atoms with E-state index in [1.807, 2.05) is 0 Å². The van der Waals surface area contributed by atoms with Crippen LogP contribution in [-0.4, -0.2) is 58.2 Å². The highest BCUT2D eigenvalue weighted by atomic mass is 32.2. The maximum absolute atomic E-state index is 11.3. The second-order valence-corrected chi connectivity index (χ2v) is 4.77. The number of carboxylic acid groups (broad SMARTS) is 2. The second kappa shape index (κ2) is 8.35. The fourth-order valence-electron chi connectivity index (χ4n) is 1.13. The van der Waals surface area contributed by atoms with Crippen molar-refractivity contribution in [2.75, 3.05) is 12.9 Å². The zero-order valence-corrected chi connectivity index (χ0v) is 11.2. The summed E-state index contributed by atoms with van der Waals surface area (Å²) in [4.78, 5) is 43.5. The quantitative estimate of drug-likeness (QED) is 0.502. The highest BCUT2D eigenvalue weighted by Crippen LogP contribution is 2.17. The van der Waals surface area contributed by atoms with E-state index < -0.39 is 41.5 Å². The molecule has 0 aromatic rings. The molecule has 0 radical (unpaired) electrons. The molecular formula is C10H15NO7S. The zero-order chi connectivity index (χ0) is 15.0. The molecule has 9 heteroatoms. The summed E-state index contributed by atoms with van der Waals surface area (Å²) in [6, 6.07) is -1.19. The summed E-state index contributed by atoms with van der Waals surface area (Å²) in [7, 11) is 1.11. The number of aliphatic carboxylic acids is 2. The number of carbonyl (C=O) groups excluding carboxylic acids is 2. The van der Waals surface area contributed by atoms with E-state index >= 15 is 0 Å². The molecule has 19 heavy (non-hydrogen) atoms. The SMILES string of the molecule is COC(=O)C(CC(=O)O)SCC(NC(C)=O)C(=O)O. The summed E-state index contributed by atoms with van der Waals surface area (Å²) in [5, 5.41) is 18.7.